The van der Waals surface area contributed by atoms with E-state index in [4.69, 9.17) is 17.0 Å². The minimum Gasteiger partial charge on any atom is -0.490 e. The minimum absolute atomic E-state index is 0.523. The monoisotopic (exact) mass is 373 g/mol. The topological polar surface area (TPSA) is 47.3 Å². The summed E-state index contributed by atoms with van der Waals surface area (Å²) in [5, 5.41) is 5.33. The van der Waals surface area contributed by atoms with Crippen LogP contribution in [0.1, 0.15) is 5.56 Å². The molecule has 2 aromatic heterocycles. The lowest BCUT2D eigenvalue weighted by Gasteiger charge is -2.14. The number of nitrogens with one attached hydrogen (secondary N) is 2. The number of aromatic amines is 1. The summed E-state index contributed by atoms with van der Waals surface area (Å²) in [7, 11) is 2.13. The van der Waals surface area contributed by atoms with E-state index in [9.17, 15) is 0 Å². The molecule has 0 saturated heterocycles. The fraction of sp³-hybridized carbons (Fsp3) is 0.222. The summed E-state index contributed by atoms with van der Waals surface area (Å²) in [6.07, 6.45) is 1.74. The van der Waals surface area contributed by atoms with Gasteiger partial charge in [0.1, 0.15) is 18.9 Å². The molecule has 0 aliphatic carbocycles. The largest absolute Gasteiger partial charge is 0.490 e. The third kappa shape index (κ3) is 4.66. The number of benzene rings is 1. The summed E-state index contributed by atoms with van der Waals surface area (Å²) in [5.74, 6) is 1.69. The van der Waals surface area contributed by atoms with Gasteiger partial charge in [-0.3, -0.25) is 5.10 Å². The maximum Gasteiger partial charge on any atom is 0.221 e. The summed E-state index contributed by atoms with van der Waals surface area (Å²) in [4.78, 5) is 6.85. The van der Waals surface area contributed by atoms with E-state index >= 15 is 0 Å². The van der Waals surface area contributed by atoms with E-state index in [1.54, 1.807) is 17.4 Å². The lowest BCUT2D eigenvalue weighted by Crippen LogP contribution is -3.07. The van der Waals surface area contributed by atoms with Crippen LogP contribution in [-0.2, 0) is 13.2 Å². The second-order valence-corrected chi connectivity index (χ2v) is 7.11. The Morgan fingerprint density at radius 3 is 2.84 bits per heavy atom. The van der Waals surface area contributed by atoms with Crippen molar-refractivity contribution < 1.29 is 9.64 Å². The van der Waals surface area contributed by atoms with Gasteiger partial charge in [-0.1, -0.05) is 18.7 Å². The molecule has 0 aliphatic rings. The number of ether oxygens (including phenoxy) is 1. The lowest BCUT2D eigenvalue weighted by molar-refractivity contribution is -0.917. The number of H-pyrrole nitrogens is 1. The third-order valence-electron chi connectivity index (χ3n) is 3.66. The van der Waals surface area contributed by atoms with Gasteiger partial charge in [0.05, 0.1) is 11.9 Å². The minimum atomic E-state index is 0.523. The van der Waals surface area contributed by atoms with E-state index in [2.05, 4.69) is 35.8 Å². The zero-order valence-corrected chi connectivity index (χ0v) is 15.7. The maximum absolute atomic E-state index is 5.51. The highest BCUT2D eigenvalue weighted by Gasteiger charge is 2.10. The number of nitrogens with zero attached hydrogens (tertiary/aromatic N) is 2. The van der Waals surface area contributed by atoms with Gasteiger partial charge in [-0.15, -0.1) is 11.3 Å². The predicted molar refractivity (Wildman–Crippen MR) is 103 cm³/mol. The molecule has 1 unspecified atom stereocenters. The van der Waals surface area contributed by atoms with Crippen molar-refractivity contribution in [2.24, 2.45) is 0 Å². The van der Waals surface area contributed by atoms with Gasteiger partial charge in [0, 0.05) is 5.56 Å². The molecule has 3 rings (SSSR count). The van der Waals surface area contributed by atoms with Gasteiger partial charge in [0.15, 0.2) is 12.5 Å². The van der Waals surface area contributed by atoms with Crippen LogP contribution in [0, 0.1) is 4.77 Å². The molecule has 7 heteroatoms. The number of hydrogen-bond donors (Lipinski definition) is 2. The molecule has 130 valence electrons. The first-order chi connectivity index (χ1) is 12.2. The molecule has 2 heterocycles. The van der Waals surface area contributed by atoms with Crippen LogP contribution in [0.25, 0.3) is 10.7 Å². The van der Waals surface area contributed by atoms with Crippen molar-refractivity contribution in [2.75, 3.05) is 13.7 Å². The molecule has 1 atom stereocenters. The van der Waals surface area contributed by atoms with E-state index in [1.165, 1.54) is 10.5 Å². The molecule has 0 aliphatic heterocycles. The van der Waals surface area contributed by atoms with Crippen LogP contribution in [0.3, 0.4) is 0 Å². The van der Waals surface area contributed by atoms with Crippen LogP contribution in [0.2, 0.25) is 0 Å². The first-order valence-corrected chi connectivity index (χ1v) is 9.29. The fourth-order valence-corrected chi connectivity index (χ4v) is 3.39. The standard InChI is InChI=1S/C18H20N4OS2/c1-3-10-23-15-8-6-14(7-9-15)12-21(2)13-22-18(24)19-17(20-22)16-5-4-11-25-16/h3-9,11H,1,10,12-13H2,2H3,(H,19,20,24)/p+1. The van der Waals surface area contributed by atoms with Crippen molar-refractivity contribution in [1.82, 2.24) is 14.8 Å². The van der Waals surface area contributed by atoms with Gasteiger partial charge in [-0.05, 0) is 47.9 Å². The van der Waals surface area contributed by atoms with Crippen LogP contribution in [0.5, 0.6) is 5.75 Å². The van der Waals surface area contributed by atoms with Gasteiger partial charge in [0.25, 0.3) is 0 Å². The average Bonchev–Trinajstić information content (AvgIpc) is 3.25. The molecule has 1 aromatic carbocycles. The lowest BCUT2D eigenvalue weighted by atomic mass is 10.2. The fourth-order valence-electron chi connectivity index (χ4n) is 2.52. The van der Waals surface area contributed by atoms with Crippen molar-refractivity contribution in [1.29, 1.82) is 0 Å². The predicted octanol–water partition coefficient (Wildman–Crippen LogP) is 2.91. The maximum atomic E-state index is 5.51. The Morgan fingerprint density at radius 2 is 2.16 bits per heavy atom. The van der Waals surface area contributed by atoms with Crippen LogP contribution >= 0.6 is 23.6 Å². The quantitative estimate of drug-likeness (QED) is 0.471. The number of aromatic nitrogens is 3. The molecule has 0 bridgehead atoms. The summed E-state index contributed by atoms with van der Waals surface area (Å²) < 4.78 is 8.01. The van der Waals surface area contributed by atoms with Crippen molar-refractivity contribution in [3.8, 4) is 16.5 Å². The van der Waals surface area contributed by atoms with Gasteiger partial charge in [-0.2, -0.15) is 4.98 Å². The Bertz CT molecular complexity index is 865. The molecular formula is C18H21N4OS2+. The number of rotatable bonds is 8. The van der Waals surface area contributed by atoms with Crippen molar-refractivity contribution in [3.63, 3.8) is 0 Å². The average molecular weight is 374 g/mol. The number of thiophene rings is 1. The van der Waals surface area contributed by atoms with Crippen LogP contribution in [0.4, 0.5) is 0 Å². The zero-order chi connectivity index (χ0) is 17.6. The molecule has 3 aromatic rings. The zero-order valence-electron chi connectivity index (χ0n) is 14.1. The van der Waals surface area contributed by atoms with E-state index in [0.29, 0.717) is 11.4 Å². The van der Waals surface area contributed by atoms with Gasteiger partial charge in [0.2, 0.25) is 4.77 Å². The molecule has 0 spiro atoms. The molecule has 0 saturated carbocycles. The summed E-state index contributed by atoms with van der Waals surface area (Å²) in [6.45, 7) is 5.79. The first kappa shape index (κ1) is 17.6. The highest BCUT2D eigenvalue weighted by atomic mass is 32.1. The summed E-state index contributed by atoms with van der Waals surface area (Å²) in [6, 6.07) is 12.2. The number of quaternary nitrogens is 1. The molecule has 0 fully saturated rings. The van der Waals surface area contributed by atoms with E-state index in [0.717, 1.165) is 29.7 Å². The molecule has 2 N–H and O–H groups in total. The Morgan fingerprint density at radius 1 is 1.36 bits per heavy atom. The molecule has 0 radical (unpaired) electrons. The third-order valence-corrected chi connectivity index (χ3v) is 4.85. The van der Waals surface area contributed by atoms with Crippen LogP contribution in [0.15, 0.2) is 54.4 Å². The van der Waals surface area contributed by atoms with Crippen LogP contribution < -0.4 is 9.64 Å². The van der Waals surface area contributed by atoms with Crippen LogP contribution in [-0.4, -0.2) is 28.4 Å². The van der Waals surface area contributed by atoms with E-state index in [-0.39, 0.29) is 0 Å². The Hall–Kier alpha value is -2.22. The molecule has 25 heavy (non-hydrogen) atoms. The summed E-state index contributed by atoms with van der Waals surface area (Å²) >= 11 is 7.02. The summed E-state index contributed by atoms with van der Waals surface area (Å²) in [5.41, 5.74) is 1.24. The SMILES string of the molecule is C=CCOc1ccc(C[NH+](C)Cn2[nH]c(-c3cccs3)nc2=S)cc1. The number of hydrogen-bond acceptors (Lipinski definition) is 4. The first-order valence-electron chi connectivity index (χ1n) is 8.00. The molecule has 0 amide bonds. The van der Waals surface area contributed by atoms with Gasteiger partial charge in [-0.25, -0.2) is 4.68 Å². The van der Waals surface area contributed by atoms with Gasteiger partial charge < -0.3 is 9.64 Å². The second-order valence-electron chi connectivity index (χ2n) is 5.80. The van der Waals surface area contributed by atoms with E-state index < -0.39 is 0 Å². The second kappa shape index (κ2) is 8.24. The molecular weight excluding hydrogens is 352 g/mol. The van der Waals surface area contributed by atoms with Crippen molar-refractivity contribution in [3.05, 3.63) is 64.8 Å². The highest BCUT2D eigenvalue weighted by molar-refractivity contribution is 7.71. The molecule has 5 nitrogen and oxygen atoms in total. The Balaban J connectivity index is 1.62. The van der Waals surface area contributed by atoms with E-state index in [1.807, 2.05) is 34.3 Å². The normalized spacial score (nSPS) is 12.0. The highest BCUT2D eigenvalue weighted by Crippen LogP contribution is 2.20. The Labute approximate surface area is 156 Å². The van der Waals surface area contributed by atoms with Crippen molar-refractivity contribution in [2.45, 2.75) is 13.2 Å². The van der Waals surface area contributed by atoms with Crippen molar-refractivity contribution >= 4 is 23.6 Å². The Kier molecular flexibility index (Phi) is 5.80. The van der Waals surface area contributed by atoms with Gasteiger partial charge >= 0.3 is 0 Å². The smallest absolute Gasteiger partial charge is 0.221 e.